The minimum absolute atomic E-state index is 0.0569. The monoisotopic (exact) mass is 229 g/mol. The summed E-state index contributed by atoms with van der Waals surface area (Å²) in [5.41, 5.74) is 2.74. The highest BCUT2D eigenvalue weighted by atomic mass is 16.3. The van der Waals surface area contributed by atoms with Gasteiger partial charge in [0, 0.05) is 0 Å². The maximum Gasteiger partial charge on any atom is 0.159 e. The Balaban J connectivity index is 2.06. The van der Waals surface area contributed by atoms with Gasteiger partial charge in [-0.2, -0.15) is 0 Å². The third-order valence-electron chi connectivity index (χ3n) is 3.46. The van der Waals surface area contributed by atoms with E-state index in [0.29, 0.717) is 5.82 Å². The number of hydrogen-bond acceptors (Lipinski definition) is 3. The standard InChI is InChI=1S/C13H15N3O/c17-8-13-15-14-9-16(13)12-7-3-5-10-4-1-2-6-11(10)12/h1-2,4,6,9,12,17H,3,5,7-8H2. The predicted molar refractivity (Wildman–Crippen MR) is 63.5 cm³/mol. The zero-order valence-corrected chi connectivity index (χ0v) is 9.58. The molecule has 1 aliphatic rings. The molecule has 1 aromatic heterocycles. The molecule has 0 aliphatic heterocycles. The Hall–Kier alpha value is -1.68. The van der Waals surface area contributed by atoms with E-state index in [1.165, 1.54) is 17.5 Å². The summed E-state index contributed by atoms with van der Waals surface area (Å²) in [7, 11) is 0. The van der Waals surface area contributed by atoms with Crippen molar-refractivity contribution in [2.75, 3.05) is 0 Å². The first kappa shape index (κ1) is 10.5. The summed E-state index contributed by atoms with van der Waals surface area (Å²) in [5.74, 6) is 0.645. The van der Waals surface area contributed by atoms with Crippen molar-refractivity contribution in [1.82, 2.24) is 14.8 Å². The van der Waals surface area contributed by atoms with Gasteiger partial charge in [-0.1, -0.05) is 24.3 Å². The van der Waals surface area contributed by atoms with Crippen LogP contribution in [0.4, 0.5) is 0 Å². The number of benzene rings is 1. The molecule has 3 rings (SSSR count). The summed E-state index contributed by atoms with van der Waals surface area (Å²) < 4.78 is 2.00. The van der Waals surface area contributed by atoms with Crippen LogP contribution in [0, 0.1) is 0 Å². The lowest BCUT2D eigenvalue weighted by Crippen LogP contribution is -2.18. The lowest BCUT2D eigenvalue weighted by Gasteiger charge is -2.27. The molecule has 1 aromatic carbocycles. The maximum atomic E-state index is 9.26. The van der Waals surface area contributed by atoms with Crippen LogP contribution in [0.15, 0.2) is 30.6 Å². The van der Waals surface area contributed by atoms with E-state index < -0.39 is 0 Å². The lowest BCUT2D eigenvalue weighted by atomic mass is 9.87. The molecule has 0 radical (unpaired) electrons. The van der Waals surface area contributed by atoms with Gasteiger partial charge >= 0.3 is 0 Å². The van der Waals surface area contributed by atoms with E-state index in [1.807, 2.05) is 4.57 Å². The second-order valence-electron chi connectivity index (χ2n) is 4.42. The van der Waals surface area contributed by atoms with Gasteiger partial charge in [-0.05, 0) is 30.4 Å². The van der Waals surface area contributed by atoms with Gasteiger partial charge in [0.1, 0.15) is 12.9 Å². The Morgan fingerprint density at radius 3 is 3.12 bits per heavy atom. The topological polar surface area (TPSA) is 50.9 Å². The molecule has 2 aromatic rings. The molecule has 0 amide bonds. The maximum absolute atomic E-state index is 9.26. The molecule has 4 nitrogen and oxygen atoms in total. The molecule has 1 N–H and O–H groups in total. The van der Waals surface area contributed by atoms with Crippen molar-refractivity contribution < 1.29 is 5.11 Å². The highest BCUT2D eigenvalue weighted by Gasteiger charge is 2.23. The first-order valence-corrected chi connectivity index (χ1v) is 5.97. The van der Waals surface area contributed by atoms with E-state index in [9.17, 15) is 5.11 Å². The smallest absolute Gasteiger partial charge is 0.159 e. The molecule has 1 unspecified atom stereocenters. The normalized spacial score (nSPS) is 19.0. The van der Waals surface area contributed by atoms with Gasteiger partial charge in [0.2, 0.25) is 0 Å². The first-order chi connectivity index (χ1) is 8.40. The minimum atomic E-state index is -0.0569. The van der Waals surface area contributed by atoms with E-state index in [2.05, 4.69) is 34.5 Å². The number of fused-ring (bicyclic) bond motifs is 1. The highest BCUT2D eigenvalue weighted by molar-refractivity contribution is 5.32. The van der Waals surface area contributed by atoms with Crippen LogP contribution in [0.3, 0.4) is 0 Å². The second-order valence-corrected chi connectivity index (χ2v) is 4.42. The fourth-order valence-corrected chi connectivity index (χ4v) is 2.66. The summed E-state index contributed by atoms with van der Waals surface area (Å²) in [6.45, 7) is -0.0569. The molecular formula is C13H15N3O. The average molecular weight is 229 g/mol. The largest absolute Gasteiger partial charge is 0.388 e. The average Bonchev–Trinajstić information content (AvgIpc) is 2.86. The van der Waals surface area contributed by atoms with Crippen LogP contribution in [0.5, 0.6) is 0 Å². The second kappa shape index (κ2) is 4.30. The highest BCUT2D eigenvalue weighted by Crippen LogP contribution is 2.32. The SMILES string of the molecule is OCc1nncn1C1CCCc2ccccc21. The van der Waals surface area contributed by atoms with Crippen molar-refractivity contribution in [2.45, 2.75) is 31.9 Å². The number of aliphatic hydroxyl groups is 1. The van der Waals surface area contributed by atoms with Crippen molar-refractivity contribution >= 4 is 0 Å². The molecule has 1 aliphatic carbocycles. The van der Waals surface area contributed by atoms with Crippen LogP contribution in [-0.4, -0.2) is 19.9 Å². The van der Waals surface area contributed by atoms with Gasteiger partial charge < -0.3 is 9.67 Å². The minimum Gasteiger partial charge on any atom is -0.388 e. The van der Waals surface area contributed by atoms with E-state index >= 15 is 0 Å². The van der Waals surface area contributed by atoms with Crippen molar-refractivity contribution in [3.63, 3.8) is 0 Å². The van der Waals surface area contributed by atoms with E-state index in [1.54, 1.807) is 6.33 Å². The van der Waals surface area contributed by atoms with Crippen LogP contribution >= 0.6 is 0 Å². The first-order valence-electron chi connectivity index (χ1n) is 5.97. The van der Waals surface area contributed by atoms with Crippen LogP contribution in [0.25, 0.3) is 0 Å². The lowest BCUT2D eigenvalue weighted by molar-refractivity contribution is 0.260. The molecule has 88 valence electrons. The number of aliphatic hydroxyl groups excluding tert-OH is 1. The van der Waals surface area contributed by atoms with Gasteiger partial charge in [-0.15, -0.1) is 10.2 Å². The number of aryl methyl sites for hydroxylation is 1. The quantitative estimate of drug-likeness (QED) is 0.852. The molecule has 0 spiro atoms. The molecule has 4 heteroatoms. The number of aromatic nitrogens is 3. The zero-order valence-electron chi connectivity index (χ0n) is 9.58. The zero-order chi connectivity index (χ0) is 11.7. The van der Waals surface area contributed by atoms with Gasteiger partial charge in [-0.3, -0.25) is 0 Å². The Kier molecular flexibility index (Phi) is 2.65. The molecule has 17 heavy (non-hydrogen) atoms. The number of nitrogens with zero attached hydrogens (tertiary/aromatic N) is 3. The van der Waals surface area contributed by atoms with Crippen LogP contribution < -0.4 is 0 Å². The van der Waals surface area contributed by atoms with Crippen molar-refractivity contribution in [3.8, 4) is 0 Å². The molecule has 0 saturated carbocycles. The fraction of sp³-hybridized carbons (Fsp3) is 0.385. The van der Waals surface area contributed by atoms with E-state index in [0.717, 1.165) is 12.8 Å². The van der Waals surface area contributed by atoms with E-state index in [4.69, 9.17) is 0 Å². The van der Waals surface area contributed by atoms with Gasteiger partial charge in [0.15, 0.2) is 5.82 Å². The van der Waals surface area contributed by atoms with Gasteiger partial charge in [-0.25, -0.2) is 0 Å². The van der Waals surface area contributed by atoms with Gasteiger partial charge in [0.25, 0.3) is 0 Å². The Labute approximate surface area is 99.9 Å². The third-order valence-corrected chi connectivity index (χ3v) is 3.46. The van der Waals surface area contributed by atoms with Gasteiger partial charge in [0.05, 0.1) is 6.04 Å². The molecule has 1 heterocycles. The molecule has 0 fully saturated rings. The third kappa shape index (κ3) is 1.74. The van der Waals surface area contributed by atoms with Crippen molar-refractivity contribution in [1.29, 1.82) is 0 Å². The van der Waals surface area contributed by atoms with Crippen molar-refractivity contribution in [3.05, 3.63) is 47.5 Å². The summed E-state index contributed by atoms with van der Waals surface area (Å²) in [6.07, 6.45) is 5.12. The molecular weight excluding hydrogens is 214 g/mol. The van der Waals surface area contributed by atoms with Crippen LogP contribution in [0.1, 0.15) is 35.8 Å². The number of hydrogen-bond donors (Lipinski definition) is 1. The Morgan fingerprint density at radius 2 is 2.24 bits per heavy atom. The fourth-order valence-electron chi connectivity index (χ4n) is 2.66. The molecule has 0 saturated heterocycles. The summed E-state index contributed by atoms with van der Waals surface area (Å²) in [6, 6.07) is 8.78. The summed E-state index contributed by atoms with van der Waals surface area (Å²) >= 11 is 0. The number of rotatable bonds is 2. The Morgan fingerprint density at radius 1 is 1.35 bits per heavy atom. The predicted octanol–water partition coefficient (Wildman–Crippen LogP) is 1.70. The van der Waals surface area contributed by atoms with Crippen LogP contribution in [0.2, 0.25) is 0 Å². The summed E-state index contributed by atoms with van der Waals surface area (Å²) in [4.78, 5) is 0. The Bertz CT molecular complexity index is 521. The summed E-state index contributed by atoms with van der Waals surface area (Å²) in [5, 5.41) is 17.1. The molecule has 1 atom stereocenters. The van der Waals surface area contributed by atoms with E-state index in [-0.39, 0.29) is 12.6 Å². The molecule has 0 bridgehead atoms. The van der Waals surface area contributed by atoms with Crippen molar-refractivity contribution in [2.24, 2.45) is 0 Å². The van der Waals surface area contributed by atoms with Crippen LogP contribution in [-0.2, 0) is 13.0 Å².